The SMILES string of the molecule is CCCS(=O)(=O)c1ccc(N2CCN(C(=O)c3cc(S(C)(=O)=O)ccc3OCC(F)(F)F)CC2)c(F)c1. The fraction of sp³-hybridized carbons (Fsp3) is 0.435. The predicted octanol–water partition coefficient (Wildman–Crippen LogP) is 3.32. The van der Waals surface area contributed by atoms with Crippen molar-refractivity contribution in [1.82, 2.24) is 4.90 Å². The summed E-state index contributed by atoms with van der Waals surface area (Å²) >= 11 is 0. The monoisotopic (exact) mass is 566 g/mol. The minimum absolute atomic E-state index is 0.0516. The second-order valence-corrected chi connectivity index (χ2v) is 12.7. The maximum atomic E-state index is 14.8. The molecule has 0 radical (unpaired) electrons. The molecule has 1 aliphatic rings. The van der Waals surface area contributed by atoms with Gasteiger partial charge in [-0.15, -0.1) is 0 Å². The molecule has 1 fully saturated rings. The van der Waals surface area contributed by atoms with Gasteiger partial charge >= 0.3 is 6.18 Å². The van der Waals surface area contributed by atoms with E-state index in [2.05, 4.69) is 0 Å². The number of nitrogens with zero attached hydrogens (tertiary/aromatic N) is 2. The molecule has 0 saturated carbocycles. The number of sulfone groups is 2. The molecular weight excluding hydrogens is 540 g/mol. The normalized spacial score (nSPS) is 15.1. The van der Waals surface area contributed by atoms with Crippen LogP contribution in [-0.2, 0) is 19.7 Å². The van der Waals surface area contributed by atoms with Gasteiger partial charge in [-0.25, -0.2) is 21.2 Å². The van der Waals surface area contributed by atoms with Gasteiger partial charge in [-0.1, -0.05) is 6.92 Å². The first kappa shape index (κ1) is 28.7. The van der Waals surface area contributed by atoms with E-state index in [1.807, 2.05) is 0 Å². The highest BCUT2D eigenvalue weighted by molar-refractivity contribution is 7.91. The molecule has 1 heterocycles. The lowest BCUT2D eigenvalue weighted by atomic mass is 10.1. The molecule has 3 rings (SSSR count). The number of rotatable bonds is 8. The van der Waals surface area contributed by atoms with Gasteiger partial charge in [-0.3, -0.25) is 4.79 Å². The van der Waals surface area contributed by atoms with Crippen LogP contribution in [0.3, 0.4) is 0 Å². The number of halogens is 4. The number of carbonyl (C=O) groups excluding carboxylic acids is 1. The molecule has 0 aromatic heterocycles. The third kappa shape index (κ3) is 7.12. The van der Waals surface area contributed by atoms with Crippen molar-refractivity contribution >= 4 is 31.3 Å². The topological polar surface area (TPSA) is 101 Å². The molecule has 0 bridgehead atoms. The Hall–Kier alpha value is -2.87. The van der Waals surface area contributed by atoms with E-state index >= 15 is 0 Å². The molecule has 204 valence electrons. The van der Waals surface area contributed by atoms with Crippen molar-refractivity contribution in [2.75, 3.05) is 49.7 Å². The van der Waals surface area contributed by atoms with E-state index in [0.29, 0.717) is 6.42 Å². The largest absolute Gasteiger partial charge is 0.483 e. The highest BCUT2D eigenvalue weighted by Crippen LogP contribution is 2.29. The highest BCUT2D eigenvalue weighted by Gasteiger charge is 2.31. The molecule has 1 amide bonds. The summed E-state index contributed by atoms with van der Waals surface area (Å²) in [5, 5.41) is 0. The van der Waals surface area contributed by atoms with Crippen molar-refractivity contribution in [2.45, 2.75) is 29.3 Å². The van der Waals surface area contributed by atoms with Crippen molar-refractivity contribution in [3.05, 3.63) is 47.8 Å². The average Bonchev–Trinajstić information content (AvgIpc) is 2.81. The maximum Gasteiger partial charge on any atom is 0.422 e. The zero-order chi connectivity index (χ0) is 27.6. The average molecular weight is 567 g/mol. The minimum Gasteiger partial charge on any atom is -0.483 e. The summed E-state index contributed by atoms with van der Waals surface area (Å²) in [6.45, 7) is 0.433. The molecule has 8 nitrogen and oxygen atoms in total. The van der Waals surface area contributed by atoms with Gasteiger partial charge in [0, 0.05) is 32.4 Å². The zero-order valence-electron chi connectivity index (χ0n) is 20.1. The molecule has 0 atom stereocenters. The van der Waals surface area contributed by atoms with Gasteiger partial charge in [0.1, 0.15) is 11.6 Å². The van der Waals surface area contributed by atoms with Crippen LogP contribution >= 0.6 is 0 Å². The van der Waals surface area contributed by atoms with Gasteiger partial charge in [-0.2, -0.15) is 13.2 Å². The number of hydrogen-bond acceptors (Lipinski definition) is 7. The lowest BCUT2D eigenvalue weighted by Crippen LogP contribution is -2.49. The molecule has 0 unspecified atom stereocenters. The maximum absolute atomic E-state index is 14.8. The molecule has 37 heavy (non-hydrogen) atoms. The summed E-state index contributed by atoms with van der Waals surface area (Å²) < 4.78 is 106. The Labute approximate surface area is 212 Å². The molecule has 1 aliphatic heterocycles. The van der Waals surface area contributed by atoms with Crippen molar-refractivity contribution in [3.8, 4) is 5.75 Å². The summed E-state index contributed by atoms with van der Waals surface area (Å²) in [6.07, 6.45) is -3.38. The highest BCUT2D eigenvalue weighted by atomic mass is 32.2. The minimum atomic E-state index is -4.67. The molecule has 0 N–H and O–H groups in total. The van der Waals surface area contributed by atoms with E-state index in [0.717, 1.165) is 30.5 Å². The number of carbonyl (C=O) groups is 1. The van der Waals surface area contributed by atoms with E-state index in [1.54, 1.807) is 11.8 Å². The van der Waals surface area contributed by atoms with Crippen molar-refractivity contribution in [3.63, 3.8) is 0 Å². The number of amides is 1. The van der Waals surface area contributed by atoms with Gasteiger partial charge in [0.15, 0.2) is 26.3 Å². The van der Waals surface area contributed by atoms with Crippen LogP contribution in [0, 0.1) is 5.82 Å². The van der Waals surface area contributed by atoms with Gasteiger partial charge in [0.25, 0.3) is 5.91 Å². The summed E-state index contributed by atoms with van der Waals surface area (Å²) in [5.74, 6) is -1.99. The predicted molar refractivity (Wildman–Crippen MR) is 128 cm³/mol. The van der Waals surface area contributed by atoms with E-state index in [4.69, 9.17) is 4.74 Å². The standard InChI is InChI=1S/C23H26F4N2O6S2/c1-3-12-37(33,34)17-4-6-20(19(24)14-17)28-8-10-29(11-9-28)22(30)18-13-16(36(2,31)32)5-7-21(18)35-15-23(25,26)27/h4-7,13-14H,3,8-12,15H2,1-2H3. The van der Waals surface area contributed by atoms with Crippen LogP contribution in [0.2, 0.25) is 0 Å². The molecule has 2 aromatic carbocycles. The third-order valence-corrected chi connectivity index (χ3v) is 8.69. The Morgan fingerprint density at radius 3 is 2.14 bits per heavy atom. The van der Waals surface area contributed by atoms with Crippen molar-refractivity contribution < 1.29 is 43.9 Å². The number of ether oxygens (including phenoxy) is 1. The number of anilines is 1. The van der Waals surface area contributed by atoms with Crippen molar-refractivity contribution in [2.24, 2.45) is 0 Å². The first-order valence-corrected chi connectivity index (χ1v) is 14.8. The smallest absolute Gasteiger partial charge is 0.422 e. The fourth-order valence-corrected chi connectivity index (χ4v) is 5.82. The molecule has 1 saturated heterocycles. The van der Waals surface area contributed by atoms with Crippen LogP contribution in [-0.4, -0.2) is 78.6 Å². The Morgan fingerprint density at radius 1 is 0.973 bits per heavy atom. The summed E-state index contributed by atoms with van der Waals surface area (Å²) in [5.41, 5.74) is -0.187. The van der Waals surface area contributed by atoms with Gasteiger partial charge in [0.2, 0.25) is 0 Å². The van der Waals surface area contributed by atoms with Gasteiger partial charge < -0.3 is 14.5 Å². The lowest BCUT2D eigenvalue weighted by molar-refractivity contribution is -0.153. The first-order valence-electron chi connectivity index (χ1n) is 11.2. The van der Waals surface area contributed by atoms with Gasteiger partial charge in [-0.05, 0) is 42.8 Å². The summed E-state index contributed by atoms with van der Waals surface area (Å²) in [7, 11) is -7.36. The van der Waals surface area contributed by atoms with Gasteiger partial charge in [0.05, 0.1) is 26.8 Å². The Morgan fingerprint density at radius 2 is 1.59 bits per heavy atom. The van der Waals surface area contributed by atoms with Crippen LogP contribution in [0.25, 0.3) is 0 Å². The Balaban J connectivity index is 1.79. The van der Waals surface area contributed by atoms with Crippen LogP contribution < -0.4 is 9.64 Å². The number of benzene rings is 2. The molecular formula is C23H26F4N2O6S2. The quantitative estimate of drug-likeness (QED) is 0.452. The first-order chi connectivity index (χ1) is 17.1. The molecule has 14 heteroatoms. The Bertz CT molecular complexity index is 1370. The number of piperazine rings is 1. The second kappa shape index (κ2) is 10.9. The van der Waals surface area contributed by atoms with E-state index < -0.39 is 49.9 Å². The van der Waals surface area contributed by atoms with E-state index in [9.17, 15) is 39.2 Å². The van der Waals surface area contributed by atoms with Crippen LogP contribution in [0.15, 0.2) is 46.2 Å². The fourth-order valence-electron chi connectivity index (χ4n) is 3.84. The van der Waals surface area contributed by atoms with E-state index in [1.165, 1.54) is 17.0 Å². The lowest BCUT2D eigenvalue weighted by Gasteiger charge is -2.36. The number of hydrogen-bond donors (Lipinski definition) is 0. The van der Waals surface area contributed by atoms with Crippen LogP contribution in [0.4, 0.5) is 23.2 Å². The molecule has 0 spiro atoms. The molecule has 2 aromatic rings. The molecule has 0 aliphatic carbocycles. The zero-order valence-corrected chi connectivity index (χ0v) is 21.7. The van der Waals surface area contributed by atoms with Crippen LogP contribution in [0.5, 0.6) is 5.75 Å². The third-order valence-electron chi connectivity index (χ3n) is 5.66. The van der Waals surface area contributed by atoms with Crippen LogP contribution in [0.1, 0.15) is 23.7 Å². The number of alkyl halides is 3. The second-order valence-electron chi connectivity index (χ2n) is 8.55. The van der Waals surface area contributed by atoms with E-state index in [-0.39, 0.29) is 53.0 Å². The summed E-state index contributed by atoms with van der Waals surface area (Å²) in [6, 6.07) is 6.68. The summed E-state index contributed by atoms with van der Waals surface area (Å²) in [4.78, 5) is 15.7. The van der Waals surface area contributed by atoms with Crippen molar-refractivity contribution in [1.29, 1.82) is 0 Å². The Kier molecular flexibility index (Phi) is 8.42.